The van der Waals surface area contributed by atoms with Crippen molar-refractivity contribution in [2.75, 3.05) is 0 Å². The summed E-state index contributed by atoms with van der Waals surface area (Å²) in [5.74, 6) is 0.661. The van der Waals surface area contributed by atoms with Gasteiger partial charge < -0.3 is 0 Å². The Morgan fingerprint density at radius 2 is 2.00 bits per heavy atom. The number of hydrogen-bond donors (Lipinski definition) is 0. The highest BCUT2D eigenvalue weighted by atomic mass is 13.9. The van der Waals surface area contributed by atoms with Gasteiger partial charge in [-0.25, -0.2) is 0 Å². The van der Waals surface area contributed by atoms with Crippen LogP contribution >= 0.6 is 0 Å². The van der Waals surface area contributed by atoms with Gasteiger partial charge in [0.1, 0.15) is 7.28 Å². The average Bonchev–Trinajstić information content (AvgIpc) is 2.19. The third kappa shape index (κ3) is 11.2. The van der Waals surface area contributed by atoms with Gasteiger partial charge in [0.15, 0.2) is 0 Å². The molecule has 0 aliphatic heterocycles. The number of hydrogen-bond acceptors (Lipinski definition) is 0. The number of rotatable bonds is 8. The second-order valence-electron chi connectivity index (χ2n) is 4.26. The number of allylic oxidation sites excluding steroid dienone is 5. The molecule has 0 N–H and O–H groups in total. The first-order valence-corrected chi connectivity index (χ1v) is 5.95. The molecule has 0 aliphatic carbocycles. The summed E-state index contributed by atoms with van der Waals surface area (Å²) in [6.07, 6.45) is 13.4. The van der Waals surface area contributed by atoms with Gasteiger partial charge in [0.2, 0.25) is 0 Å². The Kier molecular flexibility index (Phi) is 9.36. The van der Waals surface area contributed by atoms with Gasteiger partial charge in [-0.1, -0.05) is 63.4 Å². The molecule has 0 aromatic rings. The van der Waals surface area contributed by atoms with Crippen LogP contribution in [0.4, 0.5) is 0 Å². The average molecular weight is 203 g/mol. The lowest BCUT2D eigenvalue weighted by atomic mass is 9.77. The molecule has 0 fully saturated rings. The fourth-order valence-electron chi connectivity index (χ4n) is 1.23. The van der Waals surface area contributed by atoms with Crippen molar-refractivity contribution in [3.05, 3.63) is 36.5 Å². The quantitative estimate of drug-likeness (QED) is 0.233. The third-order valence-electron chi connectivity index (χ3n) is 2.13. The van der Waals surface area contributed by atoms with Gasteiger partial charge in [-0.15, -0.1) is 0 Å². The molecule has 0 saturated carbocycles. The van der Waals surface area contributed by atoms with E-state index >= 15 is 0 Å². The molecule has 83 valence electrons. The van der Waals surface area contributed by atoms with Crippen LogP contribution in [0.1, 0.15) is 33.1 Å². The van der Waals surface area contributed by atoms with Crippen LogP contribution in [0.15, 0.2) is 36.5 Å². The maximum absolute atomic E-state index is 4.04. The van der Waals surface area contributed by atoms with Gasteiger partial charge in [-0.05, 0) is 25.2 Å². The summed E-state index contributed by atoms with van der Waals surface area (Å²) < 4.78 is 0. The minimum atomic E-state index is 0.661. The summed E-state index contributed by atoms with van der Waals surface area (Å²) in [6, 6.07) is 0. The first-order chi connectivity index (χ1) is 7.16. The van der Waals surface area contributed by atoms with E-state index in [1.165, 1.54) is 5.57 Å². The summed E-state index contributed by atoms with van der Waals surface area (Å²) in [4.78, 5) is 0. The topological polar surface area (TPSA) is 0 Å². The van der Waals surface area contributed by atoms with Gasteiger partial charge in [-0.3, -0.25) is 0 Å². The second kappa shape index (κ2) is 9.83. The maximum Gasteiger partial charge on any atom is 0.106 e. The van der Waals surface area contributed by atoms with E-state index in [9.17, 15) is 0 Å². The third-order valence-corrected chi connectivity index (χ3v) is 2.13. The molecule has 1 heteroatoms. The SMILES string of the molecule is C=C(/C=C\CC[B]C)CC/C=C\C(C)C. The Bertz CT molecular complexity index is 211. The zero-order chi connectivity index (χ0) is 11.5. The van der Waals surface area contributed by atoms with Crippen molar-refractivity contribution >= 4 is 7.28 Å². The van der Waals surface area contributed by atoms with Crippen molar-refractivity contribution in [1.82, 2.24) is 0 Å². The largest absolute Gasteiger partial charge is 0.106 e. The highest BCUT2D eigenvalue weighted by molar-refractivity contribution is 6.33. The molecule has 0 saturated heterocycles. The summed E-state index contributed by atoms with van der Waals surface area (Å²) >= 11 is 0. The second-order valence-corrected chi connectivity index (χ2v) is 4.26. The normalized spacial score (nSPS) is 11.7. The van der Waals surface area contributed by atoms with Crippen LogP contribution in [0.3, 0.4) is 0 Å². The van der Waals surface area contributed by atoms with Crippen LogP contribution in [0, 0.1) is 5.92 Å². The van der Waals surface area contributed by atoms with Crippen LogP contribution < -0.4 is 0 Å². The van der Waals surface area contributed by atoms with E-state index in [1.807, 2.05) is 0 Å². The Hall–Kier alpha value is -0.715. The minimum absolute atomic E-state index is 0.661. The first kappa shape index (κ1) is 14.3. The summed E-state index contributed by atoms with van der Waals surface area (Å²) in [6.45, 7) is 10.5. The predicted octanol–water partition coefficient (Wildman–Crippen LogP) is 4.65. The van der Waals surface area contributed by atoms with Crippen LogP contribution in [0.5, 0.6) is 0 Å². The monoisotopic (exact) mass is 203 g/mol. The lowest BCUT2D eigenvalue weighted by Crippen LogP contribution is -1.80. The van der Waals surface area contributed by atoms with E-state index < -0.39 is 0 Å². The summed E-state index contributed by atoms with van der Waals surface area (Å²) in [5, 5.41) is 0. The molecular formula is C14H24B. The van der Waals surface area contributed by atoms with Crippen LogP contribution in [0.2, 0.25) is 13.1 Å². The van der Waals surface area contributed by atoms with Crippen molar-refractivity contribution in [2.45, 2.75) is 46.3 Å². The van der Waals surface area contributed by atoms with Gasteiger partial charge in [0.05, 0.1) is 0 Å². The highest BCUT2D eigenvalue weighted by Gasteiger charge is 1.88. The van der Waals surface area contributed by atoms with Crippen molar-refractivity contribution in [1.29, 1.82) is 0 Å². The zero-order valence-electron chi connectivity index (χ0n) is 10.5. The molecule has 0 nitrogen and oxygen atoms in total. The van der Waals surface area contributed by atoms with Gasteiger partial charge in [0, 0.05) is 0 Å². The highest BCUT2D eigenvalue weighted by Crippen LogP contribution is 2.07. The van der Waals surface area contributed by atoms with E-state index in [2.05, 4.69) is 58.8 Å². The fraction of sp³-hybridized carbons (Fsp3) is 0.571. The Morgan fingerprint density at radius 1 is 1.27 bits per heavy atom. The Morgan fingerprint density at radius 3 is 2.60 bits per heavy atom. The standard InChI is InChI=1S/C14H24B/c1-13(2)9-5-6-10-14(3)11-7-8-12-15-4/h5,7,9,11,13H,3,6,8,10,12H2,1-2,4H3/b9-5-,11-7-. The fourth-order valence-corrected chi connectivity index (χ4v) is 1.23. The maximum atomic E-state index is 4.04. The lowest BCUT2D eigenvalue weighted by molar-refractivity contribution is 0.822. The molecule has 0 heterocycles. The van der Waals surface area contributed by atoms with E-state index in [1.54, 1.807) is 0 Å². The molecule has 15 heavy (non-hydrogen) atoms. The molecule has 0 atom stereocenters. The van der Waals surface area contributed by atoms with Crippen LogP contribution in [-0.4, -0.2) is 7.28 Å². The molecule has 0 aromatic heterocycles. The summed E-state index contributed by atoms with van der Waals surface area (Å²) in [7, 11) is 2.19. The molecule has 0 amide bonds. The molecular weight excluding hydrogens is 179 g/mol. The van der Waals surface area contributed by atoms with Crippen molar-refractivity contribution in [2.24, 2.45) is 5.92 Å². The zero-order valence-corrected chi connectivity index (χ0v) is 10.5. The molecule has 0 bridgehead atoms. The predicted molar refractivity (Wildman–Crippen MR) is 72.5 cm³/mol. The van der Waals surface area contributed by atoms with E-state index in [0.717, 1.165) is 25.6 Å². The minimum Gasteiger partial charge on any atom is -0.0958 e. The summed E-state index contributed by atoms with van der Waals surface area (Å²) in [5.41, 5.74) is 1.24. The van der Waals surface area contributed by atoms with E-state index in [4.69, 9.17) is 0 Å². The van der Waals surface area contributed by atoms with Gasteiger partial charge in [0.25, 0.3) is 0 Å². The van der Waals surface area contributed by atoms with Crippen LogP contribution in [-0.2, 0) is 0 Å². The Labute approximate surface area is 96.4 Å². The van der Waals surface area contributed by atoms with E-state index in [-0.39, 0.29) is 0 Å². The lowest BCUT2D eigenvalue weighted by Gasteiger charge is -1.97. The molecule has 0 unspecified atom stereocenters. The molecule has 0 rings (SSSR count). The first-order valence-electron chi connectivity index (χ1n) is 5.95. The van der Waals surface area contributed by atoms with E-state index in [0.29, 0.717) is 5.92 Å². The Balaban J connectivity index is 3.53. The van der Waals surface area contributed by atoms with Crippen molar-refractivity contribution < 1.29 is 0 Å². The van der Waals surface area contributed by atoms with Crippen molar-refractivity contribution in [3.63, 3.8) is 0 Å². The van der Waals surface area contributed by atoms with Crippen LogP contribution in [0.25, 0.3) is 0 Å². The van der Waals surface area contributed by atoms with Crippen molar-refractivity contribution in [3.8, 4) is 0 Å². The van der Waals surface area contributed by atoms with Gasteiger partial charge >= 0.3 is 0 Å². The molecule has 0 aliphatic rings. The smallest absolute Gasteiger partial charge is 0.0958 e. The molecule has 1 radical (unpaired) electrons. The molecule has 0 spiro atoms. The molecule has 0 aromatic carbocycles. The van der Waals surface area contributed by atoms with Gasteiger partial charge in [-0.2, -0.15) is 0 Å².